The van der Waals surface area contributed by atoms with Gasteiger partial charge in [0.2, 0.25) is 10.0 Å². The minimum Gasteiger partial charge on any atom is -0.497 e. The molecular formula is C16H16N2O8S2. The van der Waals surface area contributed by atoms with Crippen LogP contribution in [0.5, 0.6) is 5.75 Å². The molecule has 1 amide bonds. The topological polar surface area (TPSA) is 153 Å². The van der Waals surface area contributed by atoms with E-state index in [1.165, 1.54) is 42.9 Å². The molecule has 2 heterocycles. The summed E-state index contributed by atoms with van der Waals surface area (Å²) >= 11 is 0.747. The number of thiophene rings is 1. The number of carboxylic acid groups (broad SMARTS) is 1. The SMILES string of the molecule is COc1ccc(S(=O)(=O)N2Cc3cc(C(=O)O)sc3C(O)C2C(=O)NO)cc1. The number of aliphatic hydroxyl groups is 1. The molecule has 3 rings (SSSR count). The van der Waals surface area contributed by atoms with E-state index in [1.54, 1.807) is 0 Å². The van der Waals surface area contributed by atoms with Gasteiger partial charge >= 0.3 is 5.97 Å². The Labute approximate surface area is 163 Å². The Morgan fingerprint density at radius 2 is 1.93 bits per heavy atom. The predicted octanol–water partition coefficient (Wildman–Crippen LogP) is 0.567. The van der Waals surface area contributed by atoms with E-state index in [4.69, 9.17) is 15.1 Å². The largest absolute Gasteiger partial charge is 0.497 e. The van der Waals surface area contributed by atoms with Gasteiger partial charge in [-0.3, -0.25) is 10.0 Å². The van der Waals surface area contributed by atoms with Gasteiger partial charge in [0.25, 0.3) is 5.91 Å². The van der Waals surface area contributed by atoms with Gasteiger partial charge < -0.3 is 14.9 Å². The third-order valence-corrected chi connectivity index (χ3v) is 7.38. The highest BCUT2D eigenvalue weighted by atomic mass is 32.2. The molecule has 0 bridgehead atoms. The molecule has 0 radical (unpaired) electrons. The van der Waals surface area contributed by atoms with Gasteiger partial charge in [0.05, 0.1) is 12.0 Å². The zero-order valence-corrected chi connectivity index (χ0v) is 16.0. The second-order valence-electron chi connectivity index (χ2n) is 5.90. The highest BCUT2D eigenvalue weighted by Crippen LogP contribution is 2.40. The van der Waals surface area contributed by atoms with Crippen LogP contribution < -0.4 is 10.2 Å². The molecular weight excluding hydrogens is 412 g/mol. The number of aliphatic hydroxyl groups excluding tert-OH is 1. The highest BCUT2D eigenvalue weighted by Gasteiger charge is 2.46. The predicted molar refractivity (Wildman–Crippen MR) is 95.7 cm³/mol. The Balaban J connectivity index is 2.10. The minimum atomic E-state index is -4.27. The van der Waals surface area contributed by atoms with Crippen molar-refractivity contribution in [2.24, 2.45) is 0 Å². The number of hydroxylamine groups is 1. The van der Waals surface area contributed by atoms with Gasteiger partial charge in [-0.25, -0.2) is 18.7 Å². The summed E-state index contributed by atoms with van der Waals surface area (Å²) in [4.78, 5) is 23.3. The van der Waals surface area contributed by atoms with Crippen LogP contribution >= 0.6 is 11.3 Å². The lowest BCUT2D eigenvalue weighted by Crippen LogP contribution is -2.53. The summed E-state index contributed by atoms with van der Waals surface area (Å²) < 4.78 is 31.9. The lowest BCUT2D eigenvalue weighted by molar-refractivity contribution is -0.137. The molecule has 10 nitrogen and oxygen atoms in total. The Hall–Kier alpha value is -2.51. The average molecular weight is 428 g/mol. The van der Waals surface area contributed by atoms with Gasteiger partial charge in [-0.15, -0.1) is 11.3 Å². The van der Waals surface area contributed by atoms with Crippen molar-refractivity contribution in [1.82, 2.24) is 9.79 Å². The van der Waals surface area contributed by atoms with E-state index in [2.05, 4.69) is 0 Å². The second-order valence-corrected chi connectivity index (χ2v) is 8.87. The van der Waals surface area contributed by atoms with E-state index in [0.29, 0.717) is 5.75 Å². The number of hydrogen-bond acceptors (Lipinski definition) is 8. The summed E-state index contributed by atoms with van der Waals surface area (Å²) in [5.41, 5.74) is 1.63. The monoisotopic (exact) mass is 428 g/mol. The number of amides is 1. The molecule has 28 heavy (non-hydrogen) atoms. The van der Waals surface area contributed by atoms with E-state index >= 15 is 0 Å². The van der Waals surface area contributed by atoms with Crippen molar-refractivity contribution in [3.8, 4) is 5.75 Å². The number of rotatable bonds is 5. The number of carbonyl (C=O) groups excluding carboxylic acids is 1. The van der Waals surface area contributed by atoms with Crippen LogP contribution in [0.1, 0.15) is 26.2 Å². The van der Waals surface area contributed by atoms with E-state index < -0.39 is 34.0 Å². The summed E-state index contributed by atoms with van der Waals surface area (Å²) in [6, 6.07) is 4.99. The summed E-state index contributed by atoms with van der Waals surface area (Å²) in [5, 5.41) is 28.8. The number of nitrogens with zero attached hydrogens (tertiary/aromatic N) is 1. The molecule has 0 aliphatic carbocycles. The molecule has 0 saturated carbocycles. The fourth-order valence-electron chi connectivity index (χ4n) is 2.95. The molecule has 12 heteroatoms. The van der Waals surface area contributed by atoms with Gasteiger partial charge in [-0.2, -0.15) is 4.31 Å². The van der Waals surface area contributed by atoms with Crippen molar-refractivity contribution in [2.45, 2.75) is 23.6 Å². The number of sulfonamides is 1. The number of ether oxygens (including phenoxy) is 1. The van der Waals surface area contributed by atoms with Crippen molar-refractivity contribution in [3.63, 3.8) is 0 Å². The maximum atomic E-state index is 13.1. The molecule has 1 aromatic carbocycles. The number of carbonyl (C=O) groups is 2. The zero-order valence-electron chi connectivity index (χ0n) is 14.4. The molecule has 0 spiro atoms. The van der Waals surface area contributed by atoms with Crippen molar-refractivity contribution >= 4 is 33.2 Å². The number of carboxylic acids is 1. The van der Waals surface area contributed by atoms with Crippen LogP contribution in [0.3, 0.4) is 0 Å². The molecule has 150 valence electrons. The van der Waals surface area contributed by atoms with Crippen molar-refractivity contribution in [3.05, 3.63) is 45.6 Å². The van der Waals surface area contributed by atoms with Crippen molar-refractivity contribution in [1.29, 1.82) is 0 Å². The van der Waals surface area contributed by atoms with E-state index in [0.717, 1.165) is 15.6 Å². The van der Waals surface area contributed by atoms with Crippen LogP contribution in [-0.4, -0.2) is 53.2 Å². The molecule has 2 unspecified atom stereocenters. The van der Waals surface area contributed by atoms with E-state index in [-0.39, 0.29) is 26.8 Å². The first kappa shape index (κ1) is 20.2. The van der Waals surface area contributed by atoms with Gasteiger partial charge in [-0.05, 0) is 35.9 Å². The smallest absolute Gasteiger partial charge is 0.345 e. The Morgan fingerprint density at radius 1 is 1.29 bits per heavy atom. The number of methoxy groups -OCH3 is 1. The Morgan fingerprint density at radius 3 is 2.46 bits per heavy atom. The molecule has 4 N–H and O–H groups in total. The van der Waals surface area contributed by atoms with Crippen molar-refractivity contribution in [2.75, 3.05) is 7.11 Å². The lowest BCUT2D eigenvalue weighted by Gasteiger charge is -2.36. The third kappa shape index (κ3) is 3.36. The maximum absolute atomic E-state index is 13.1. The third-order valence-electron chi connectivity index (χ3n) is 4.30. The van der Waals surface area contributed by atoms with Crippen LogP contribution in [0.2, 0.25) is 0 Å². The summed E-state index contributed by atoms with van der Waals surface area (Å²) in [6.45, 7) is -0.345. The zero-order chi connectivity index (χ0) is 20.6. The first-order valence-corrected chi connectivity index (χ1v) is 10.1. The first-order chi connectivity index (χ1) is 13.2. The molecule has 2 atom stereocenters. The van der Waals surface area contributed by atoms with Gasteiger partial charge in [-0.1, -0.05) is 0 Å². The van der Waals surface area contributed by atoms with Gasteiger partial charge in [0.15, 0.2) is 0 Å². The standard InChI is InChI=1S/C16H16N2O8S2/c1-26-9-2-4-10(5-3-9)28(24,25)18-7-8-6-11(16(21)22)27-14(8)13(19)12(18)15(20)17-23/h2-6,12-13,19,23H,7H2,1H3,(H,17,20)(H,21,22). The first-order valence-electron chi connectivity index (χ1n) is 7.84. The number of fused-ring (bicyclic) bond motifs is 1. The fraction of sp³-hybridized carbons (Fsp3) is 0.250. The summed E-state index contributed by atoms with van der Waals surface area (Å²) in [7, 11) is -2.85. The Bertz CT molecular complexity index is 1020. The fourth-order valence-corrected chi connectivity index (χ4v) is 5.55. The summed E-state index contributed by atoms with van der Waals surface area (Å²) in [5.74, 6) is -1.95. The number of nitrogens with one attached hydrogen (secondary N) is 1. The van der Waals surface area contributed by atoms with Crippen molar-refractivity contribution < 1.29 is 38.2 Å². The number of benzene rings is 1. The molecule has 2 aromatic rings. The highest BCUT2D eigenvalue weighted by molar-refractivity contribution is 7.89. The van der Waals surface area contributed by atoms with Crippen LogP contribution in [-0.2, 0) is 21.4 Å². The number of aromatic carboxylic acids is 1. The summed E-state index contributed by atoms with van der Waals surface area (Å²) in [6.07, 6.45) is -1.65. The lowest BCUT2D eigenvalue weighted by atomic mass is 10.0. The van der Waals surface area contributed by atoms with E-state index in [1.807, 2.05) is 0 Å². The quantitative estimate of drug-likeness (QED) is 0.398. The average Bonchev–Trinajstić information content (AvgIpc) is 3.12. The number of hydrogen-bond donors (Lipinski definition) is 4. The molecule has 1 aliphatic heterocycles. The molecule has 0 fully saturated rings. The maximum Gasteiger partial charge on any atom is 0.345 e. The normalized spacial score (nSPS) is 19.7. The van der Waals surface area contributed by atoms with Crippen LogP contribution in [0, 0.1) is 0 Å². The minimum absolute atomic E-state index is 0.101. The van der Waals surface area contributed by atoms with Gasteiger partial charge in [0, 0.05) is 11.4 Å². The second kappa shape index (κ2) is 7.48. The molecule has 1 aromatic heterocycles. The van der Waals surface area contributed by atoms with E-state index in [9.17, 15) is 23.1 Å². The Kier molecular flexibility index (Phi) is 5.41. The van der Waals surface area contributed by atoms with Crippen LogP contribution in [0.4, 0.5) is 0 Å². The molecule has 1 aliphatic rings. The molecule has 0 saturated heterocycles. The van der Waals surface area contributed by atoms with Crippen LogP contribution in [0.25, 0.3) is 0 Å². The van der Waals surface area contributed by atoms with Gasteiger partial charge in [0.1, 0.15) is 22.8 Å². The van der Waals surface area contributed by atoms with Crippen LogP contribution in [0.15, 0.2) is 35.2 Å².